The quantitative estimate of drug-likeness (QED) is 0.177. The van der Waals surface area contributed by atoms with Gasteiger partial charge in [-0.1, -0.05) is 133 Å². The molecule has 4 heterocycles. The van der Waals surface area contributed by atoms with E-state index in [0.29, 0.717) is 17.6 Å². The van der Waals surface area contributed by atoms with Gasteiger partial charge in [0.25, 0.3) is 0 Å². The molecule has 0 bridgehead atoms. The van der Waals surface area contributed by atoms with Crippen molar-refractivity contribution in [2.24, 2.45) is 0 Å². The Labute approximate surface area is 326 Å². The predicted molar refractivity (Wildman–Crippen MR) is 232 cm³/mol. The van der Waals surface area contributed by atoms with Gasteiger partial charge in [-0.15, -0.1) is 0 Å². The van der Waals surface area contributed by atoms with Crippen LogP contribution in [0, 0.1) is 0 Å². The maximum absolute atomic E-state index is 6.21. The molecule has 0 saturated heterocycles. The van der Waals surface area contributed by atoms with Crippen molar-refractivity contribution < 1.29 is 4.42 Å². The van der Waals surface area contributed by atoms with Crippen molar-refractivity contribution in [2.45, 2.75) is 0 Å². The summed E-state index contributed by atoms with van der Waals surface area (Å²) in [4.78, 5) is 15.9. The molecule has 0 N–H and O–H groups in total. The van der Waals surface area contributed by atoms with Crippen molar-refractivity contribution in [2.75, 3.05) is 0 Å². The predicted octanol–water partition coefficient (Wildman–Crippen LogP) is 13.0. The van der Waals surface area contributed by atoms with Crippen LogP contribution in [0.5, 0.6) is 0 Å². The third kappa shape index (κ3) is 4.81. The second kappa shape index (κ2) is 12.3. The van der Waals surface area contributed by atoms with E-state index in [9.17, 15) is 0 Å². The summed E-state index contributed by atoms with van der Waals surface area (Å²) < 4.78 is 10.9. The standard InChI is InChI=1S/C51H31N5O/c1-4-16-32(17-5-1)39-31-41-36-22-10-13-25-42(36)55(35-20-8-3-9-21-35)48(41)46-38-24-11-14-26-43(38)56(47(39)46)51-53-49(33-18-6-2-7-19-33)52-50(54-51)34-28-29-45-40(30-34)37-23-12-15-27-44(37)57-45/h1-31H. The minimum atomic E-state index is 0.543. The molecule has 6 nitrogen and oxygen atoms in total. The Bertz CT molecular complexity index is 3510. The molecule has 12 rings (SSSR count). The lowest BCUT2D eigenvalue weighted by atomic mass is 9.98. The first-order valence-corrected chi connectivity index (χ1v) is 19.1. The van der Waals surface area contributed by atoms with E-state index >= 15 is 0 Å². The summed E-state index contributed by atoms with van der Waals surface area (Å²) >= 11 is 0. The number of rotatable bonds is 5. The Morgan fingerprint density at radius 2 is 0.947 bits per heavy atom. The monoisotopic (exact) mass is 729 g/mol. The molecule has 0 aliphatic carbocycles. The molecule has 0 radical (unpaired) electrons. The first-order chi connectivity index (χ1) is 28.3. The highest BCUT2D eigenvalue weighted by Gasteiger charge is 2.26. The van der Waals surface area contributed by atoms with Crippen molar-refractivity contribution in [3.8, 4) is 45.5 Å². The van der Waals surface area contributed by atoms with Crippen molar-refractivity contribution in [1.29, 1.82) is 0 Å². The molecule has 0 saturated carbocycles. The molecule has 4 aromatic heterocycles. The first kappa shape index (κ1) is 31.5. The van der Waals surface area contributed by atoms with Gasteiger partial charge >= 0.3 is 0 Å². The Balaban J connectivity index is 1.24. The lowest BCUT2D eigenvalue weighted by Gasteiger charge is -2.14. The number of para-hydroxylation sites is 4. The summed E-state index contributed by atoms with van der Waals surface area (Å²) in [5, 5.41) is 6.71. The van der Waals surface area contributed by atoms with E-state index < -0.39 is 0 Å². The molecule has 6 heteroatoms. The summed E-state index contributed by atoms with van der Waals surface area (Å²) in [6, 6.07) is 65.6. The van der Waals surface area contributed by atoms with Crippen LogP contribution in [-0.2, 0) is 0 Å². The third-order valence-corrected chi connectivity index (χ3v) is 11.2. The Morgan fingerprint density at radius 1 is 0.368 bits per heavy atom. The molecule has 266 valence electrons. The Kier molecular flexibility index (Phi) is 6.83. The average Bonchev–Trinajstić information content (AvgIpc) is 3.94. The van der Waals surface area contributed by atoms with Crippen LogP contribution in [0.1, 0.15) is 0 Å². The summed E-state index contributed by atoms with van der Waals surface area (Å²) in [5.74, 6) is 1.72. The van der Waals surface area contributed by atoms with Gasteiger partial charge in [0.15, 0.2) is 11.6 Å². The number of hydrogen-bond donors (Lipinski definition) is 0. The summed E-state index contributed by atoms with van der Waals surface area (Å²) in [6.07, 6.45) is 0. The van der Waals surface area contributed by atoms with Crippen molar-refractivity contribution in [3.05, 3.63) is 188 Å². The zero-order chi connectivity index (χ0) is 37.5. The van der Waals surface area contributed by atoms with Gasteiger partial charge in [0.05, 0.1) is 22.1 Å². The van der Waals surface area contributed by atoms with Gasteiger partial charge in [0.2, 0.25) is 5.95 Å². The van der Waals surface area contributed by atoms with Crippen LogP contribution in [0.25, 0.3) is 111 Å². The maximum Gasteiger partial charge on any atom is 0.238 e. The lowest BCUT2D eigenvalue weighted by Crippen LogP contribution is -2.07. The molecule has 8 aromatic carbocycles. The second-order valence-corrected chi connectivity index (χ2v) is 14.4. The summed E-state index contributed by atoms with van der Waals surface area (Å²) in [5.41, 5.74) is 11.1. The van der Waals surface area contributed by atoms with Crippen LogP contribution in [0.15, 0.2) is 192 Å². The largest absolute Gasteiger partial charge is 0.456 e. The van der Waals surface area contributed by atoms with Gasteiger partial charge in [-0.25, -0.2) is 4.98 Å². The van der Waals surface area contributed by atoms with Crippen LogP contribution in [-0.4, -0.2) is 24.1 Å². The van der Waals surface area contributed by atoms with Crippen LogP contribution in [0.4, 0.5) is 0 Å². The van der Waals surface area contributed by atoms with Crippen LogP contribution in [0.3, 0.4) is 0 Å². The second-order valence-electron chi connectivity index (χ2n) is 14.4. The summed E-state index contributed by atoms with van der Waals surface area (Å²) in [6.45, 7) is 0. The van der Waals surface area contributed by atoms with E-state index in [2.05, 4.69) is 149 Å². The molecule has 0 spiro atoms. The lowest BCUT2D eigenvalue weighted by molar-refractivity contribution is 0.669. The van der Waals surface area contributed by atoms with Gasteiger partial charge < -0.3 is 8.98 Å². The third-order valence-electron chi connectivity index (χ3n) is 11.2. The van der Waals surface area contributed by atoms with E-state index in [1.54, 1.807) is 0 Å². The maximum atomic E-state index is 6.21. The normalized spacial score (nSPS) is 11.9. The number of fused-ring (bicyclic) bond motifs is 10. The van der Waals surface area contributed by atoms with E-state index in [-0.39, 0.29) is 0 Å². The summed E-state index contributed by atoms with van der Waals surface area (Å²) in [7, 11) is 0. The van der Waals surface area contributed by atoms with Crippen LogP contribution in [0.2, 0.25) is 0 Å². The van der Waals surface area contributed by atoms with E-state index in [0.717, 1.165) is 82.7 Å². The highest BCUT2D eigenvalue weighted by atomic mass is 16.3. The smallest absolute Gasteiger partial charge is 0.238 e. The van der Waals surface area contributed by atoms with Crippen molar-refractivity contribution in [3.63, 3.8) is 0 Å². The molecule has 12 aromatic rings. The zero-order valence-corrected chi connectivity index (χ0v) is 30.5. The van der Waals surface area contributed by atoms with Gasteiger partial charge in [-0.05, 0) is 60.2 Å². The Hall–Kier alpha value is -7.83. The average molecular weight is 730 g/mol. The fraction of sp³-hybridized carbons (Fsp3) is 0. The van der Waals surface area contributed by atoms with Gasteiger partial charge in [0.1, 0.15) is 11.2 Å². The Morgan fingerprint density at radius 3 is 1.70 bits per heavy atom. The molecule has 57 heavy (non-hydrogen) atoms. The minimum Gasteiger partial charge on any atom is -0.456 e. The van der Waals surface area contributed by atoms with Gasteiger partial charge in [0, 0.05) is 54.7 Å². The molecule has 0 atom stereocenters. The molecule has 0 fully saturated rings. The molecular weight excluding hydrogens is 699 g/mol. The minimum absolute atomic E-state index is 0.543. The SMILES string of the molecule is c1ccc(-c2nc(-c3ccc4oc5ccccc5c4c3)nc(-n3c4ccccc4c4c3c(-c3ccccc3)cc3c5ccccc5n(-c5ccccc5)c34)n2)cc1. The fourth-order valence-corrected chi connectivity index (χ4v) is 8.67. The zero-order valence-electron chi connectivity index (χ0n) is 30.5. The molecule has 0 unspecified atom stereocenters. The molecule has 0 aliphatic rings. The molecule has 0 amide bonds. The first-order valence-electron chi connectivity index (χ1n) is 19.1. The van der Waals surface area contributed by atoms with E-state index in [1.165, 1.54) is 10.8 Å². The van der Waals surface area contributed by atoms with Crippen molar-refractivity contribution in [1.82, 2.24) is 24.1 Å². The van der Waals surface area contributed by atoms with Crippen molar-refractivity contribution >= 4 is 65.6 Å². The number of aromatic nitrogens is 5. The van der Waals surface area contributed by atoms with Gasteiger partial charge in [-0.3, -0.25) is 4.57 Å². The van der Waals surface area contributed by atoms with Crippen LogP contribution < -0.4 is 0 Å². The molecule has 0 aliphatic heterocycles. The van der Waals surface area contributed by atoms with E-state index in [1.807, 2.05) is 48.5 Å². The number of hydrogen-bond acceptors (Lipinski definition) is 4. The fourth-order valence-electron chi connectivity index (χ4n) is 8.67. The number of furan rings is 1. The number of benzene rings is 8. The van der Waals surface area contributed by atoms with Crippen LogP contribution >= 0.6 is 0 Å². The highest BCUT2D eigenvalue weighted by Crippen LogP contribution is 2.46. The topological polar surface area (TPSA) is 61.7 Å². The highest BCUT2D eigenvalue weighted by molar-refractivity contribution is 6.29. The molecular formula is C51H31N5O. The number of nitrogens with zero attached hydrogens (tertiary/aromatic N) is 5. The van der Waals surface area contributed by atoms with Gasteiger partial charge in [-0.2, -0.15) is 9.97 Å². The van der Waals surface area contributed by atoms with E-state index in [4.69, 9.17) is 19.4 Å².